The third kappa shape index (κ3) is 2.71. The Bertz CT molecular complexity index is 221. The molecule has 0 aromatic heterocycles. The minimum Gasteiger partial charge on any atom is -0.359 e. The van der Waals surface area contributed by atoms with Gasteiger partial charge < -0.3 is 4.90 Å². The van der Waals surface area contributed by atoms with Gasteiger partial charge in [-0.3, -0.25) is 10.3 Å². The minimum atomic E-state index is 0.631. The Morgan fingerprint density at radius 3 is 2.47 bits per heavy atom. The maximum atomic E-state index is 7.92. The maximum absolute atomic E-state index is 7.92. The molecule has 3 heteroatoms. The van der Waals surface area contributed by atoms with Gasteiger partial charge in [-0.15, -0.1) is 0 Å². The van der Waals surface area contributed by atoms with Crippen molar-refractivity contribution in [3.05, 3.63) is 0 Å². The molecule has 0 saturated carbocycles. The number of hydrogen-bond acceptors (Lipinski definition) is 2. The fraction of sp³-hybridized carbons (Fsp3) is 0.917. The van der Waals surface area contributed by atoms with Crippen LogP contribution in [0, 0.1) is 5.41 Å². The number of nitrogens with zero attached hydrogens (tertiary/aromatic N) is 2. The predicted molar refractivity (Wildman–Crippen MR) is 63.4 cm³/mol. The first kappa shape index (κ1) is 10.9. The van der Waals surface area contributed by atoms with Crippen LogP contribution in [0.3, 0.4) is 0 Å². The van der Waals surface area contributed by atoms with Crippen LogP contribution in [0.15, 0.2) is 0 Å². The highest BCUT2D eigenvalue weighted by molar-refractivity contribution is 5.79. The first-order valence-electron chi connectivity index (χ1n) is 6.34. The van der Waals surface area contributed by atoms with Gasteiger partial charge in [0.25, 0.3) is 0 Å². The van der Waals surface area contributed by atoms with Gasteiger partial charge in [0.1, 0.15) is 0 Å². The quantitative estimate of drug-likeness (QED) is 0.770. The van der Waals surface area contributed by atoms with E-state index < -0.39 is 0 Å². The van der Waals surface area contributed by atoms with E-state index in [1.54, 1.807) is 0 Å². The maximum Gasteiger partial charge on any atom is 0.0958 e. The Morgan fingerprint density at radius 1 is 1.13 bits per heavy atom. The van der Waals surface area contributed by atoms with Crippen molar-refractivity contribution in [3.63, 3.8) is 0 Å². The molecule has 2 aliphatic heterocycles. The van der Waals surface area contributed by atoms with E-state index in [2.05, 4.69) is 16.7 Å². The first-order valence-corrected chi connectivity index (χ1v) is 6.34. The average molecular weight is 209 g/mol. The van der Waals surface area contributed by atoms with Gasteiger partial charge in [0.15, 0.2) is 0 Å². The topological polar surface area (TPSA) is 30.3 Å². The highest BCUT2D eigenvalue weighted by atomic mass is 15.2. The fourth-order valence-electron chi connectivity index (χ4n) is 2.71. The van der Waals surface area contributed by atoms with Crippen molar-refractivity contribution in [2.24, 2.45) is 0 Å². The van der Waals surface area contributed by atoms with E-state index in [1.165, 1.54) is 38.8 Å². The molecule has 15 heavy (non-hydrogen) atoms. The van der Waals surface area contributed by atoms with Gasteiger partial charge in [0, 0.05) is 25.6 Å². The summed E-state index contributed by atoms with van der Waals surface area (Å²) in [6.45, 7) is 7.02. The van der Waals surface area contributed by atoms with Gasteiger partial charge in [-0.05, 0) is 45.7 Å². The second-order valence-corrected chi connectivity index (χ2v) is 4.94. The Kier molecular flexibility index (Phi) is 3.62. The molecule has 1 unspecified atom stereocenters. The molecule has 0 bridgehead atoms. The molecule has 2 saturated heterocycles. The van der Waals surface area contributed by atoms with E-state index in [0.717, 1.165) is 25.3 Å². The van der Waals surface area contributed by atoms with Crippen molar-refractivity contribution in [3.8, 4) is 0 Å². The molecule has 2 fully saturated rings. The molecule has 2 heterocycles. The third-order valence-electron chi connectivity index (χ3n) is 3.72. The summed E-state index contributed by atoms with van der Waals surface area (Å²) < 4.78 is 0. The molecule has 0 aromatic rings. The Balaban J connectivity index is 1.81. The third-order valence-corrected chi connectivity index (χ3v) is 3.72. The number of piperidine rings is 1. The van der Waals surface area contributed by atoms with Gasteiger partial charge in [-0.25, -0.2) is 0 Å². The van der Waals surface area contributed by atoms with Gasteiger partial charge in [0.2, 0.25) is 0 Å². The molecule has 0 aromatic carbocycles. The van der Waals surface area contributed by atoms with E-state index in [1.807, 2.05) is 0 Å². The molecule has 0 aliphatic carbocycles. The molecule has 2 aliphatic rings. The molecule has 0 radical (unpaired) electrons. The molecule has 1 N–H and O–H groups in total. The first-order chi connectivity index (χ1) is 7.27. The summed E-state index contributed by atoms with van der Waals surface area (Å²) in [5.74, 6) is 0.868. The zero-order valence-electron chi connectivity index (χ0n) is 9.84. The van der Waals surface area contributed by atoms with E-state index >= 15 is 0 Å². The lowest BCUT2D eigenvalue weighted by molar-refractivity contribution is 0.207. The van der Waals surface area contributed by atoms with E-state index in [0.29, 0.717) is 6.04 Å². The second kappa shape index (κ2) is 4.97. The number of rotatable bonds is 3. The highest BCUT2D eigenvalue weighted by Crippen LogP contribution is 2.16. The van der Waals surface area contributed by atoms with E-state index in [4.69, 9.17) is 5.41 Å². The largest absolute Gasteiger partial charge is 0.359 e. The van der Waals surface area contributed by atoms with Crippen molar-refractivity contribution >= 4 is 5.84 Å². The van der Waals surface area contributed by atoms with Crippen LogP contribution in [0.5, 0.6) is 0 Å². The molecule has 1 atom stereocenters. The monoisotopic (exact) mass is 209 g/mol. The lowest BCUT2D eigenvalue weighted by atomic mass is 10.1. The summed E-state index contributed by atoms with van der Waals surface area (Å²) in [6, 6.07) is 0.631. The van der Waals surface area contributed by atoms with Crippen LogP contribution in [0.1, 0.15) is 39.0 Å². The summed E-state index contributed by atoms with van der Waals surface area (Å²) in [6.07, 6.45) is 6.21. The van der Waals surface area contributed by atoms with E-state index in [-0.39, 0.29) is 0 Å². The number of likely N-dealkylation sites (tertiary alicyclic amines) is 2. The van der Waals surface area contributed by atoms with Crippen molar-refractivity contribution < 1.29 is 0 Å². The minimum absolute atomic E-state index is 0.631. The zero-order valence-corrected chi connectivity index (χ0v) is 9.84. The Morgan fingerprint density at radius 2 is 1.80 bits per heavy atom. The molecule has 86 valence electrons. The summed E-state index contributed by atoms with van der Waals surface area (Å²) in [7, 11) is 0. The van der Waals surface area contributed by atoms with Crippen LogP contribution in [0.4, 0.5) is 0 Å². The lowest BCUT2D eigenvalue weighted by Crippen LogP contribution is -2.45. The van der Waals surface area contributed by atoms with Crippen LogP contribution in [-0.4, -0.2) is 47.9 Å². The molecule has 2 rings (SSSR count). The van der Waals surface area contributed by atoms with Gasteiger partial charge in [-0.1, -0.05) is 0 Å². The standard InChI is InChI=1S/C12H23N3/c1-11(14-7-4-5-8-14)10-15-9-3-2-6-12(15)13/h11,13H,2-10H2,1H3. The molecule has 3 nitrogen and oxygen atoms in total. The van der Waals surface area contributed by atoms with Crippen LogP contribution in [0.2, 0.25) is 0 Å². The molecule has 0 amide bonds. The van der Waals surface area contributed by atoms with Crippen molar-refractivity contribution in [1.82, 2.24) is 9.80 Å². The smallest absolute Gasteiger partial charge is 0.0958 e. The van der Waals surface area contributed by atoms with Gasteiger partial charge in [-0.2, -0.15) is 0 Å². The SMILES string of the molecule is CC(CN1CCCCC1=N)N1CCCC1. The van der Waals surface area contributed by atoms with Crippen molar-refractivity contribution in [1.29, 1.82) is 5.41 Å². The van der Waals surface area contributed by atoms with Crippen LogP contribution >= 0.6 is 0 Å². The number of nitrogens with one attached hydrogen (secondary N) is 1. The summed E-state index contributed by atoms with van der Waals surface area (Å²) >= 11 is 0. The van der Waals surface area contributed by atoms with Gasteiger partial charge >= 0.3 is 0 Å². The number of hydrogen-bond donors (Lipinski definition) is 1. The zero-order chi connectivity index (χ0) is 10.7. The van der Waals surface area contributed by atoms with E-state index in [9.17, 15) is 0 Å². The summed E-state index contributed by atoms with van der Waals surface area (Å²) in [5.41, 5.74) is 0. The summed E-state index contributed by atoms with van der Waals surface area (Å²) in [5, 5.41) is 7.92. The molecular weight excluding hydrogens is 186 g/mol. The summed E-state index contributed by atoms with van der Waals surface area (Å²) in [4.78, 5) is 4.86. The van der Waals surface area contributed by atoms with Crippen molar-refractivity contribution in [2.75, 3.05) is 26.2 Å². The Hall–Kier alpha value is -0.570. The number of amidine groups is 1. The van der Waals surface area contributed by atoms with Crippen LogP contribution in [0.25, 0.3) is 0 Å². The highest BCUT2D eigenvalue weighted by Gasteiger charge is 2.22. The fourth-order valence-corrected chi connectivity index (χ4v) is 2.71. The molecular formula is C12H23N3. The normalized spacial score (nSPS) is 25.9. The van der Waals surface area contributed by atoms with Crippen molar-refractivity contribution in [2.45, 2.75) is 45.1 Å². The average Bonchev–Trinajstić information content (AvgIpc) is 2.74. The van der Waals surface area contributed by atoms with Crippen LogP contribution in [-0.2, 0) is 0 Å². The van der Waals surface area contributed by atoms with Crippen LogP contribution < -0.4 is 0 Å². The predicted octanol–water partition coefficient (Wildman–Crippen LogP) is 1.93. The Labute approximate surface area is 92.9 Å². The second-order valence-electron chi connectivity index (χ2n) is 4.94. The van der Waals surface area contributed by atoms with Gasteiger partial charge in [0.05, 0.1) is 5.84 Å². The lowest BCUT2D eigenvalue weighted by Gasteiger charge is -2.34. The molecule has 0 spiro atoms.